The fourth-order valence-electron chi connectivity index (χ4n) is 4.44. The van der Waals surface area contributed by atoms with Crippen LogP contribution in [-0.4, -0.2) is 54.6 Å². The first-order chi connectivity index (χ1) is 14.6. The average Bonchev–Trinajstić information content (AvgIpc) is 3.35. The maximum Gasteiger partial charge on any atom is 0.254 e. The van der Waals surface area contributed by atoms with Crippen LogP contribution in [0.3, 0.4) is 0 Å². The third-order valence-corrected chi connectivity index (χ3v) is 7.27. The predicted molar refractivity (Wildman–Crippen MR) is 118 cm³/mol. The molecule has 7 nitrogen and oxygen atoms in total. The summed E-state index contributed by atoms with van der Waals surface area (Å²) in [5, 5.41) is 6.68. The zero-order chi connectivity index (χ0) is 21.1. The first kappa shape index (κ1) is 21.1. The van der Waals surface area contributed by atoms with Crippen LogP contribution in [0.25, 0.3) is 0 Å². The number of aryl methyl sites for hydroxylation is 1. The molecule has 3 heterocycles. The van der Waals surface area contributed by atoms with E-state index >= 15 is 0 Å². The van der Waals surface area contributed by atoms with Crippen molar-refractivity contribution in [3.8, 4) is 0 Å². The van der Waals surface area contributed by atoms with Crippen molar-refractivity contribution < 1.29 is 14.3 Å². The van der Waals surface area contributed by atoms with Crippen LogP contribution in [0.4, 0.5) is 5.00 Å². The number of methoxy groups -OCH3 is 1. The van der Waals surface area contributed by atoms with Gasteiger partial charge in [-0.25, -0.2) is 0 Å². The first-order valence-electron chi connectivity index (χ1n) is 10.7. The average molecular weight is 431 g/mol. The van der Waals surface area contributed by atoms with E-state index in [1.165, 1.54) is 10.6 Å². The SMILES string of the molecule is COCCNC(=O)c1c(NC(=O)CN2CCn3cccc3C2C)sc2c1CCCC2. The zero-order valence-electron chi connectivity index (χ0n) is 17.7. The summed E-state index contributed by atoms with van der Waals surface area (Å²) >= 11 is 1.56. The maximum absolute atomic E-state index is 12.9. The molecule has 30 heavy (non-hydrogen) atoms. The van der Waals surface area contributed by atoms with Crippen LogP contribution in [0.1, 0.15) is 52.3 Å². The third-order valence-electron chi connectivity index (χ3n) is 6.06. The second-order valence-electron chi connectivity index (χ2n) is 7.98. The number of hydrogen-bond donors (Lipinski definition) is 2. The fraction of sp³-hybridized carbons (Fsp3) is 0.545. The summed E-state index contributed by atoms with van der Waals surface area (Å²) in [4.78, 5) is 29.2. The van der Waals surface area contributed by atoms with Crippen molar-refractivity contribution in [2.45, 2.75) is 45.2 Å². The molecule has 1 unspecified atom stereocenters. The van der Waals surface area contributed by atoms with Crippen molar-refractivity contribution in [3.05, 3.63) is 40.0 Å². The van der Waals surface area contributed by atoms with Crippen molar-refractivity contribution in [3.63, 3.8) is 0 Å². The quantitative estimate of drug-likeness (QED) is 0.663. The van der Waals surface area contributed by atoms with Gasteiger partial charge in [0.15, 0.2) is 0 Å². The summed E-state index contributed by atoms with van der Waals surface area (Å²) in [6.07, 6.45) is 6.19. The third kappa shape index (κ3) is 4.31. The van der Waals surface area contributed by atoms with Crippen LogP contribution in [0, 0.1) is 0 Å². The molecule has 1 aliphatic carbocycles. The molecule has 8 heteroatoms. The molecule has 1 aliphatic heterocycles. The van der Waals surface area contributed by atoms with Gasteiger partial charge >= 0.3 is 0 Å². The van der Waals surface area contributed by atoms with E-state index in [4.69, 9.17) is 4.74 Å². The number of nitrogens with one attached hydrogen (secondary N) is 2. The second-order valence-corrected chi connectivity index (χ2v) is 9.09. The van der Waals surface area contributed by atoms with E-state index in [0.29, 0.717) is 30.3 Å². The summed E-state index contributed by atoms with van der Waals surface area (Å²) in [6, 6.07) is 4.36. The number of aromatic nitrogens is 1. The number of ether oxygens (including phenoxy) is 1. The minimum Gasteiger partial charge on any atom is -0.383 e. The minimum absolute atomic E-state index is 0.0635. The molecule has 0 radical (unpaired) electrons. The molecule has 2 aromatic rings. The lowest BCUT2D eigenvalue weighted by Crippen LogP contribution is -2.41. The van der Waals surface area contributed by atoms with Gasteiger partial charge in [-0.3, -0.25) is 14.5 Å². The van der Waals surface area contributed by atoms with Crippen LogP contribution in [0.15, 0.2) is 18.3 Å². The first-order valence-corrected chi connectivity index (χ1v) is 11.5. The van der Waals surface area contributed by atoms with Crippen molar-refractivity contribution in [1.29, 1.82) is 0 Å². The van der Waals surface area contributed by atoms with Gasteiger partial charge in [0.05, 0.1) is 18.7 Å². The Hall–Kier alpha value is -2.16. The molecule has 0 saturated heterocycles. The molecule has 2 aliphatic rings. The van der Waals surface area contributed by atoms with Crippen LogP contribution >= 0.6 is 11.3 Å². The highest BCUT2D eigenvalue weighted by Gasteiger charge is 2.28. The lowest BCUT2D eigenvalue weighted by Gasteiger charge is -2.34. The number of fused-ring (bicyclic) bond motifs is 2. The predicted octanol–water partition coefficient (Wildman–Crippen LogP) is 2.82. The lowest BCUT2D eigenvalue weighted by molar-refractivity contribution is -0.118. The van der Waals surface area contributed by atoms with Crippen LogP contribution in [-0.2, 0) is 28.9 Å². The van der Waals surface area contributed by atoms with Gasteiger partial charge in [0.1, 0.15) is 5.00 Å². The molecule has 162 valence electrons. The van der Waals surface area contributed by atoms with E-state index in [1.807, 2.05) is 0 Å². The van der Waals surface area contributed by atoms with Crippen LogP contribution in [0.5, 0.6) is 0 Å². The summed E-state index contributed by atoms with van der Waals surface area (Å²) in [5.41, 5.74) is 3.00. The number of rotatable bonds is 7. The maximum atomic E-state index is 12.9. The Morgan fingerprint density at radius 3 is 2.93 bits per heavy atom. The number of anilines is 1. The van der Waals surface area contributed by atoms with Crippen molar-refractivity contribution in [1.82, 2.24) is 14.8 Å². The second kappa shape index (κ2) is 9.32. The van der Waals surface area contributed by atoms with Gasteiger partial charge < -0.3 is 19.9 Å². The monoisotopic (exact) mass is 430 g/mol. The van der Waals surface area contributed by atoms with Gasteiger partial charge in [0, 0.05) is 49.6 Å². The van der Waals surface area contributed by atoms with Crippen LogP contribution < -0.4 is 10.6 Å². The Balaban J connectivity index is 1.47. The van der Waals surface area contributed by atoms with Crippen molar-refractivity contribution in [2.75, 3.05) is 38.7 Å². The molecule has 0 saturated carbocycles. The highest BCUT2D eigenvalue weighted by atomic mass is 32.1. The molecule has 0 bridgehead atoms. The molecular weight excluding hydrogens is 400 g/mol. The molecule has 0 fully saturated rings. The van der Waals surface area contributed by atoms with Gasteiger partial charge in [-0.05, 0) is 50.3 Å². The Bertz CT molecular complexity index is 920. The molecule has 0 spiro atoms. The van der Waals surface area contributed by atoms with E-state index in [-0.39, 0.29) is 17.9 Å². The van der Waals surface area contributed by atoms with Crippen molar-refractivity contribution >= 4 is 28.2 Å². The summed E-state index contributed by atoms with van der Waals surface area (Å²) in [5.74, 6) is -0.183. The Morgan fingerprint density at radius 1 is 1.27 bits per heavy atom. The standard InChI is InChI=1S/C22H30N4O3S/c1-15-17-7-5-10-25(17)11-12-26(15)14-19(27)24-22-20(21(28)23-9-13-29-2)16-6-3-4-8-18(16)30-22/h5,7,10,15H,3-4,6,8-9,11-14H2,1-2H3,(H,23,28)(H,24,27). The normalized spacial score (nSPS) is 18.5. The smallest absolute Gasteiger partial charge is 0.254 e. The number of carbonyl (C=O) groups is 2. The molecule has 4 rings (SSSR count). The van der Waals surface area contributed by atoms with Gasteiger partial charge in [-0.15, -0.1) is 11.3 Å². The number of carbonyl (C=O) groups excluding carboxylic acids is 2. The van der Waals surface area contributed by atoms with E-state index in [0.717, 1.165) is 44.3 Å². The summed E-state index contributed by atoms with van der Waals surface area (Å²) < 4.78 is 7.29. The highest BCUT2D eigenvalue weighted by molar-refractivity contribution is 7.17. The Kier molecular flexibility index (Phi) is 6.55. The van der Waals surface area contributed by atoms with Gasteiger partial charge in [-0.2, -0.15) is 0 Å². The molecule has 2 amide bonds. The molecule has 2 aromatic heterocycles. The Labute approximate surface area is 181 Å². The van der Waals surface area contributed by atoms with Gasteiger partial charge in [0.2, 0.25) is 5.91 Å². The number of thiophene rings is 1. The van der Waals surface area contributed by atoms with E-state index in [9.17, 15) is 9.59 Å². The zero-order valence-corrected chi connectivity index (χ0v) is 18.5. The molecular formula is C22H30N4O3S. The number of nitrogens with zero attached hydrogens (tertiary/aromatic N) is 2. The van der Waals surface area contributed by atoms with Crippen molar-refractivity contribution in [2.24, 2.45) is 0 Å². The highest BCUT2D eigenvalue weighted by Crippen LogP contribution is 2.38. The summed E-state index contributed by atoms with van der Waals surface area (Å²) in [7, 11) is 1.61. The van der Waals surface area contributed by atoms with E-state index in [2.05, 4.69) is 45.4 Å². The van der Waals surface area contributed by atoms with E-state index in [1.54, 1.807) is 18.4 Å². The summed E-state index contributed by atoms with van der Waals surface area (Å²) in [6.45, 7) is 5.10. The lowest BCUT2D eigenvalue weighted by atomic mass is 9.95. The topological polar surface area (TPSA) is 75.6 Å². The van der Waals surface area contributed by atoms with Crippen LogP contribution in [0.2, 0.25) is 0 Å². The molecule has 1 atom stereocenters. The fourth-order valence-corrected chi connectivity index (χ4v) is 5.75. The number of amides is 2. The minimum atomic E-state index is -0.120. The Morgan fingerprint density at radius 2 is 2.10 bits per heavy atom. The number of hydrogen-bond acceptors (Lipinski definition) is 5. The molecule has 0 aromatic carbocycles. The van der Waals surface area contributed by atoms with Gasteiger partial charge in [-0.1, -0.05) is 0 Å². The largest absolute Gasteiger partial charge is 0.383 e. The van der Waals surface area contributed by atoms with E-state index < -0.39 is 0 Å². The molecule has 2 N–H and O–H groups in total. The van der Waals surface area contributed by atoms with Gasteiger partial charge in [0.25, 0.3) is 5.91 Å².